The van der Waals surface area contributed by atoms with Crippen molar-refractivity contribution in [2.24, 2.45) is 0 Å². The Kier molecular flexibility index (Phi) is 6.56. The average molecular weight is 458 g/mol. The van der Waals surface area contributed by atoms with Crippen LogP contribution >= 0.6 is 0 Å². The number of rotatable bonds is 6. The minimum Gasteiger partial charge on any atom is -0.499 e. The zero-order valence-corrected chi connectivity index (χ0v) is 16.1. The number of hydrogen-bond acceptors (Lipinski definition) is 2. The molecule has 1 heterocycles. The Morgan fingerprint density at radius 2 is 1.59 bits per heavy atom. The monoisotopic (exact) mass is 458 g/mol. The number of hydrogen-bond donors (Lipinski definition) is 1. The molecule has 0 unspecified atom stereocenters. The third-order valence-corrected chi connectivity index (χ3v) is 4.12. The molecule has 0 bridgehead atoms. The summed E-state index contributed by atoms with van der Waals surface area (Å²) in [5, 5.41) is 2.46. The molecule has 3 aromatic rings. The van der Waals surface area contributed by atoms with Crippen molar-refractivity contribution in [1.82, 2.24) is 5.32 Å². The molecule has 0 atom stereocenters. The molecule has 168 valence electrons. The van der Waals surface area contributed by atoms with Gasteiger partial charge in [-0.1, -0.05) is 37.4 Å². The summed E-state index contributed by atoms with van der Waals surface area (Å²) < 4.78 is 82.5. The molecule has 1 aromatic heterocycles. The van der Waals surface area contributed by atoms with Crippen LogP contribution in [0.2, 0.25) is 0 Å². The summed E-state index contributed by atoms with van der Waals surface area (Å²) in [6, 6.07) is 15.1. The number of ether oxygens (including phenoxy) is 2. The smallest absolute Gasteiger partial charge is 0.499 e. The van der Waals surface area contributed by atoms with Gasteiger partial charge in [-0.15, -0.1) is 13.2 Å². The first-order chi connectivity index (χ1) is 15.0. The van der Waals surface area contributed by atoms with Crippen molar-refractivity contribution >= 4 is 5.91 Å². The number of aromatic amines is 1. The van der Waals surface area contributed by atoms with Crippen LogP contribution in [-0.2, 0) is 6.54 Å². The molecule has 0 radical (unpaired) electrons. The number of alkyl halides is 6. The predicted octanol–water partition coefficient (Wildman–Crippen LogP) is 4.76. The number of aliphatic hydroxyl groups is 1. The van der Waals surface area contributed by atoms with Crippen LogP contribution in [0.25, 0.3) is 11.3 Å². The number of pyridine rings is 1. The number of para-hydroxylation sites is 2. The SMILES string of the molecule is O=C(NCc1ccccc1[OH+]C(F)(F)F)c1cccc(-c2ccccc2OC(F)(F)F)[nH+]1. The summed E-state index contributed by atoms with van der Waals surface area (Å²) in [6.07, 6.45) is -9.67. The maximum Gasteiger partial charge on any atom is 0.694 e. The Bertz CT molecular complexity index is 1100. The molecular weight excluding hydrogens is 442 g/mol. The number of carbonyl (C=O) groups excluding carboxylic acids is 1. The van der Waals surface area contributed by atoms with E-state index < -0.39 is 24.4 Å². The van der Waals surface area contributed by atoms with E-state index in [0.717, 1.165) is 6.07 Å². The lowest BCUT2D eigenvalue weighted by atomic mass is 10.1. The van der Waals surface area contributed by atoms with Crippen molar-refractivity contribution in [1.29, 1.82) is 0 Å². The van der Waals surface area contributed by atoms with E-state index in [9.17, 15) is 31.1 Å². The van der Waals surface area contributed by atoms with E-state index in [1.165, 1.54) is 60.7 Å². The molecule has 11 heteroatoms. The van der Waals surface area contributed by atoms with Crippen molar-refractivity contribution in [2.45, 2.75) is 19.3 Å². The van der Waals surface area contributed by atoms with Gasteiger partial charge in [0.1, 0.15) is 5.75 Å². The van der Waals surface area contributed by atoms with Gasteiger partial charge in [-0.3, -0.25) is 4.79 Å². The van der Waals surface area contributed by atoms with Gasteiger partial charge >= 0.3 is 18.6 Å². The molecular formula is C21H16F6N2O3+2. The van der Waals surface area contributed by atoms with Crippen molar-refractivity contribution in [3.63, 3.8) is 0 Å². The summed E-state index contributed by atoms with van der Waals surface area (Å²) in [5.74, 6) is -1.48. The maximum atomic E-state index is 12.7. The highest BCUT2D eigenvalue weighted by Crippen LogP contribution is 2.32. The van der Waals surface area contributed by atoms with Gasteiger partial charge in [0.15, 0.2) is 0 Å². The minimum atomic E-state index is -4.90. The van der Waals surface area contributed by atoms with Crippen LogP contribution in [0.5, 0.6) is 11.5 Å². The van der Waals surface area contributed by atoms with Crippen molar-refractivity contribution in [3.8, 4) is 22.8 Å². The van der Waals surface area contributed by atoms with Gasteiger partial charge in [0.2, 0.25) is 5.69 Å². The van der Waals surface area contributed by atoms with Gasteiger partial charge < -0.3 is 14.8 Å². The Hall–Kier alpha value is -3.76. The maximum absolute atomic E-state index is 12.7. The predicted molar refractivity (Wildman–Crippen MR) is 100 cm³/mol. The lowest BCUT2D eigenvalue weighted by Crippen LogP contribution is -2.30. The molecule has 3 rings (SSSR count). The molecule has 32 heavy (non-hydrogen) atoms. The Balaban J connectivity index is 1.78. The molecule has 0 spiro atoms. The molecule has 0 saturated heterocycles. The van der Waals surface area contributed by atoms with Crippen LogP contribution in [0.1, 0.15) is 16.1 Å². The average Bonchev–Trinajstić information content (AvgIpc) is 2.71. The summed E-state index contributed by atoms with van der Waals surface area (Å²) in [4.78, 5) is 15.2. The van der Waals surface area contributed by atoms with Crippen molar-refractivity contribution in [3.05, 3.63) is 78.0 Å². The number of aromatic hydroxyl groups is 1. The first-order valence-electron chi connectivity index (χ1n) is 9.05. The topological polar surface area (TPSA) is 65.3 Å². The molecule has 0 fully saturated rings. The quantitative estimate of drug-likeness (QED) is 0.428. The molecule has 2 aromatic carbocycles. The van der Waals surface area contributed by atoms with Crippen molar-refractivity contribution in [2.75, 3.05) is 0 Å². The third-order valence-electron chi connectivity index (χ3n) is 4.12. The van der Waals surface area contributed by atoms with E-state index in [-0.39, 0.29) is 34.8 Å². The number of nitrogens with one attached hydrogen (secondary N) is 2. The Labute approximate surface area is 177 Å². The van der Waals surface area contributed by atoms with Gasteiger partial charge in [-0.2, -0.15) is 4.98 Å². The fourth-order valence-corrected chi connectivity index (χ4v) is 2.84. The van der Waals surface area contributed by atoms with Crippen LogP contribution in [0, 0.1) is 0 Å². The van der Waals surface area contributed by atoms with Gasteiger partial charge in [0, 0.05) is 18.2 Å². The van der Waals surface area contributed by atoms with E-state index in [4.69, 9.17) is 0 Å². The highest BCUT2D eigenvalue weighted by molar-refractivity contribution is 5.91. The highest BCUT2D eigenvalue weighted by atomic mass is 19.4. The molecule has 0 aliphatic heterocycles. The van der Waals surface area contributed by atoms with Crippen LogP contribution in [0.4, 0.5) is 26.3 Å². The third kappa shape index (κ3) is 6.37. The lowest BCUT2D eigenvalue weighted by Gasteiger charge is -2.11. The minimum absolute atomic E-state index is 0.0189. The molecule has 5 nitrogen and oxygen atoms in total. The van der Waals surface area contributed by atoms with E-state index in [0.29, 0.717) is 0 Å². The van der Waals surface area contributed by atoms with E-state index in [1.807, 2.05) is 0 Å². The first-order valence-corrected chi connectivity index (χ1v) is 9.05. The van der Waals surface area contributed by atoms with Gasteiger partial charge in [0.25, 0.3) is 11.4 Å². The summed E-state index contributed by atoms with van der Waals surface area (Å²) in [7, 11) is 0. The second kappa shape index (κ2) is 9.16. The lowest BCUT2D eigenvalue weighted by molar-refractivity contribution is -0.370. The summed E-state index contributed by atoms with van der Waals surface area (Å²) >= 11 is 0. The van der Waals surface area contributed by atoms with Gasteiger partial charge in [-0.05, 0) is 24.3 Å². The second-order valence-corrected chi connectivity index (χ2v) is 6.41. The fraction of sp³-hybridized carbons (Fsp3) is 0.143. The van der Waals surface area contributed by atoms with Crippen LogP contribution < -0.4 is 15.0 Å². The summed E-state index contributed by atoms with van der Waals surface area (Å²) in [5.41, 5.74) is 0.353. The van der Waals surface area contributed by atoms with E-state index in [2.05, 4.69) is 19.8 Å². The number of benzene rings is 2. The Morgan fingerprint density at radius 1 is 0.906 bits per heavy atom. The molecule has 0 aliphatic rings. The second-order valence-electron chi connectivity index (χ2n) is 6.41. The number of H-pyrrole nitrogens is 1. The largest absolute Gasteiger partial charge is 0.694 e. The van der Waals surface area contributed by atoms with Crippen molar-refractivity contribution < 1.29 is 45.6 Å². The van der Waals surface area contributed by atoms with Gasteiger partial charge in [0.05, 0.1) is 17.7 Å². The standard InChI is InChI=1S/C21H14F6N2O3/c22-20(23,24)31-17-10-3-1-6-13(17)12-28-19(30)16-9-5-8-15(29-16)14-7-2-4-11-18(14)32-21(25,26)27/h1-11H,12H2,(H,28,30)/p+2. The zero-order valence-electron chi connectivity index (χ0n) is 16.1. The van der Waals surface area contributed by atoms with E-state index >= 15 is 0 Å². The number of carbonyl (C=O) groups is 1. The van der Waals surface area contributed by atoms with Gasteiger partial charge in [-0.25, -0.2) is 0 Å². The number of aromatic nitrogens is 1. The van der Waals surface area contributed by atoms with Crippen LogP contribution in [-0.4, -0.2) is 23.4 Å². The van der Waals surface area contributed by atoms with E-state index in [1.54, 1.807) is 0 Å². The molecule has 0 saturated carbocycles. The van der Waals surface area contributed by atoms with Crippen LogP contribution in [0.3, 0.4) is 0 Å². The number of halogens is 6. The zero-order chi connectivity index (χ0) is 23.4. The first kappa shape index (κ1) is 22.9. The summed E-state index contributed by atoms with van der Waals surface area (Å²) in [6.45, 7) is -0.250. The molecule has 1 amide bonds. The fourth-order valence-electron chi connectivity index (χ4n) is 2.84. The number of amides is 1. The highest BCUT2D eigenvalue weighted by Gasteiger charge is 2.39. The molecule has 0 aliphatic carbocycles. The Morgan fingerprint density at radius 3 is 2.31 bits per heavy atom. The van der Waals surface area contributed by atoms with Crippen LogP contribution in [0.15, 0.2) is 66.7 Å². The molecule has 3 N–H and O–H groups in total. The normalized spacial score (nSPS) is 11.7.